The Bertz CT molecular complexity index is 527. The highest BCUT2D eigenvalue weighted by Gasteiger charge is 2.33. The first-order valence-corrected chi connectivity index (χ1v) is 6.66. The van der Waals surface area contributed by atoms with Gasteiger partial charge in [0.25, 0.3) is 0 Å². The van der Waals surface area contributed by atoms with E-state index in [2.05, 4.69) is 4.74 Å². The molecule has 0 radical (unpaired) electrons. The summed E-state index contributed by atoms with van der Waals surface area (Å²) in [7, 11) is 1.27. The van der Waals surface area contributed by atoms with E-state index < -0.39 is 17.7 Å². The van der Waals surface area contributed by atoms with Crippen molar-refractivity contribution < 1.29 is 18.7 Å². The highest BCUT2D eigenvalue weighted by atomic mass is 35.5. The van der Waals surface area contributed by atoms with Gasteiger partial charge in [-0.2, -0.15) is 0 Å². The van der Waals surface area contributed by atoms with Crippen LogP contribution >= 0.6 is 11.6 Å². The molecule has 0 amide bonds. The van der Waals surface area contributed by atoms with E-state index >= 15 is 0 Å². The summed E-state index contributed by atoms with van der Waals surface area (Å²) in [6.07, 6.45) is 0.314. The summed E-state index contributed by atoms with van der Waals surface area (Å²) in [5.74, 6) is -1.79. The van der Waals surface area contributed by atoms with Crippen molar-refractivity contribution >= 4 is 23.4 Å². The maximum Gasteiger partial charge on any atom is 0.317 e. The van der Waals surface area contributed by atoms with Gasteiger partial charge < -0.3 is 4.74 Å². The van der Waals surface area contributed by atoms with E-state index in [0.29, 0.717) is 26.1 Å². The van der Waals surface area contributed by atoms with E-state index in [9.17, 15) is 14.0 Å². The molecule has 0 bridgehead atoms. The number of Topliss-reactive ketones (excluding diaryl/α,β-unsaturated/α-hetero) is 1. The second-order valence-corrected chi connectivity index (χ2v) is 5.18. The topological polar surface area (TPSA) is 46.6 Å². The lowest BCUT2D eigenvalue weighted by Crippen LogP contribution is -2.44. The summed E-state index contributed by atoms with van der Waals surface area (Å²) >= 11 is 5.73. The third-order valence-corrected chi connectivity index (χ3v) is 3.67. The first kappa shape index (κ1) is 14.9. The molecule has 1 saturated heterocycles. The van der Waals surface area contributed by atoms with Crippen LogP contribution in [0.25, 0.3) is 0 Å². The molecule has 1 fully saturated rings. The summed E-state index contributed by atoms with van der Waals surface area (Å²) in [6.45, 7) is 1.41. The van der Waals surface area contributed by atoms with Gasteiger partial charge in [0.05, 0.1) is 12.1 Å². The maximum atomic E-state index is 13.1. The van der Waals surface area contributed by atoms with Crippen LogP contribution in [0.15, 0.2) is 18.2 Å². The molecule has 1 aliphatic rings. The Morgan fingerprint density at radius 1 is 1.55 bits per heavy atom. The Morgan fingerprint density at radius 3 is 2.95 bits per heavy atom. The van der Waals surface area contributed by atoms with Crippen LogP contribution in [0.1, 0.15) is 12.0 Å². The zero-order chi connectivity index (χ0) is 14.7. The molecule has 1 atom stereocenters. The van der Waals surface area contributed by atoms with E-state index in [0.717, 1.165) is 5.56 Å². The van der Waals surface area contributed by atoms with Gasteiger partial charge in [-0.05, 0) is 17.7 Å². The van der Waals surface area contributed by atoms with Crippen molar-refractivity contribution in [1.82, 2.24) is 4.90 Å². The van der Waals surface area contributed by atoms with Gasteiger partial charge in [0.2, 0.25) is 0 Å². The number of likely N-dealkylation sites (tertiary alicyclic amines) is 1. The number of benzene rings is 1. The van der Waals surface area contributed by atoms with Crippen LogP contribution in [0.5, 0.6) is 0 Å². The monoisotopic (exact) mass is 299 g/mol. The minimum Gasteiger partial charge on any atom is -0.468 e. The van der Waals surface area contributed by atoms with Gasteiger partial charge >= 0.3 is 5.97 Å². The molecule has 4 nitrogen and oxygen atoms in total. The number of esters is 1. The van der Waals surface area contributed by atoms with Crippen LogP contribution in [0.3, 0.4) is 0 Å². The van der Waals surface area contributed by atoms with Gasteiger partial charge in [-0.1, -0.05) is 17.7 Å². The average Bonchev–Trinajstić information content (AvgIpc) is 2.44. The molecular weight excluding hydrogens is 285 g/mol. The number of methoxy groups -OCH3 is 1. The molecule has 0 aliphatic carbocycles. The van der Waals surface area contributed by atoms with Crippen molar-refractivity contribution in [2.45, 2.75) is 13.0 Å². The molecule has 0 N–H and O–H groups in total. The summed E-state index contributed by atoms with van der Waals surface area (Å²) in [5, 5.41) is 0.0695. The second-order valence-electron chi connectivity index (χ2n) is 4.78. The number of halogens is 2. The molecule has 1 aliphatic heterocycles. The van der Waals surface area contributed by atoms with Gasteiger partial charge in [0.1, 0.15) is 17.5 Å². The van der Waals surface area contributed by atoms with Gasteiger partial charge in [-0.3, -0.25) is 14.5 Å². The fourth-order valence-electron chi connectivity index (χ4n) is 2.28. The number of nitrogens with zero attached hydrogens (tertiary/aromatic N) is 1. The summed E-state index contributed by atoms with van der Waals surface area (Å²) in [4.78, 5) is 25.2. The Balaban J connectivity index is 2.04. The lowest BCUT2D eigenvalue weighted by atomic mass is 9.96. The number of carbonyl (C=O) groups is 2. The maximum absolute atomic E-state index is 13.1. The number of carbonyl (C=O) groups excluding carboxylic acids is 2. The van der Waals surface area contributed by atoms with Crippen molar-refractivity contribution in [3.05, 3.63) is 34.6 Å². The molecule has 0 aromatic heterocycles. The molecule has 1 heterocycles. The Morgan fingerprint density at radius 2 is 2.30 bits per heavy atom. The van der Waals surface area contributed by atoms with E-state index in [1.165, 1.54) is 13.2 Å². The van der Waals surface area contributed by atoms with E-state index in [1.807, 2.05) is 4.90 Å². The lowest BCUT2D eigenvalue weighted by molar-refractivity contribution is -0.152. The van der Waals surface area contributed by atoms with Gasteiger partial charge in [0, 0.05) is 26.1 Å². The molecule has 1 aromatic carbocycles. The zero-order valence-electron chi connectivity index (χ0n) is 11.1. The van der Waals surface area contributed by atoms with Crippen molar-refractivity contribution in [2.24, 2.45) is 5.92 Å². The van der Waals surface area contributed by atoms with Crippen molar-refractivity contribution in [2.75, 3.05) is 20.2 Å². The number of piperidine rings is 1. The van der Waals surface area contributed by atoms with Crippen LogP contribution in [0.2, 0.25) is 5.02 Å². The first-order chi connectivity index (χ1) is 9.51. The zero-order valence-corrected chi connectivity index (χ0v) is 11.8. The Labute approximate surface area is 121 Å². The number of hydrogen-bond donors (Lipinski definition) is 0. The summed E-state index contributed by atoms with van der Waals surface area (Å²) < 4.78 is 17.7. The van der Waals surface area contributed by atoms with E-state index in [1.54, 1.807) is 12.1 Å². The van der Waals surface area contributed by atoms with Crippen LogP contribution in [-0.2, 0) is 20.9 Å². The minimum atomic E-state index is -0.732. The lowest BCUT2D eigenvalue weighted by Gasteiger charge is -2.30. The molecular formula is C14H15ClFNO3. The average molecular weight is 300 g/mol. The van der Waals surface area contributed by atoms with Gasteiger partial charge in [-0.15, -0.1) is 0 Å². The first-order valence-electron chi connectivity index (χ1n) is 6.28. The quantitative estimate of drug-likeness (QED) is 0.633. The molecule has 0 spiro atoms. The molecule has 6 heteroatoms. The third kappa shape index (κ3) is 3.35. The molecule has 108 valence electrons. The fourth-order valence-corrected chi connectivity index (χ4v) is 2.49. The van der Waals surface area contributed by atoms with Crippen LogP contribution in [-0.4, -0.2) is 36.9 Å². The normalized spacial score (nSPS) is 19.9. The number of hydrogen-bond acceptors (Lipinski definition) is 4. The van der Waals surface area contributed by atoms with Crippen LogP contribution in [0, 0.1) is 11.7 Å². The second kappa shape index (κ2) is 6.33. The molecule has 2 rings (SSSR count). The van der Waals surface area contributed by atoms with Gasteiger partial charge in [0.15, 0.2) is 0 Å². The fraction of sp³-hybridized carbons (Fsp3) is 0.429. The highest BCUT2D eigenvalue weighted by Crippen LogP contribution is 2.20. The summed E-state index contributed by atoms with van der Waals surface area (Å²) in [5.41, 5.74) is 0.842. The highest BCUT2D eigenvalue weighted by molar-refractivity contribution is 6.30. The SMILES string of the molecule is COC(=O)C1CN(Cc2ccc(F)c(Cl)c2)CCC1=O. The van der Waals surface area contributed by atoms with Crippen molar-refractivity contribution in [1.29, 1.82) is 0 Å². The van der Waals surface area contributed by atoms with E-state index in [-0.39, 0.29) is 10.8 Å². The predicted octanol–water partition coefficient (Wildman–Crippen LogP) is 2.04. The van der Waals surface area contributed by atoms with Crippen LogP contribution < -0.4 is 0 Å². The number of ether oxygens (including phenoxy) is 1. The third-order valence-electron chi connectivity index (χ3n) is 3.38. The number of rotatable bonds is 3. The Kier molecular flexibility index (Phi) is 4.73. The number of ketones is 1. The van der Waals surface area contributed by atoms with Crippen molar-refractivity contribution in [3.8, 4) is 0 Å². The van der Waals surface area contributed by atoms with E-state index in [4.69, 9.17) is 11.6 Å². The smallest absolute Gasteiger partial charge is 0.317 e. The van der Waals surface area contributed by atoms with Crippen molar-refractivity contribution in [3.63, 3.8) is 0 Å². The van der Waals surface area contributed by atoms with Gasteiger partial charge in [-0.25, -0.2) is 4.39 Å². The molecule has 20 heavy (non-hydrogen) atoms. The summed E-state index contributed by atoms with van der Waals surface area (Å²) in [6, 6.07) is 4.51. The minimum absolute atomic E-state index is 0.0695. The molecule has 1 aromatic rings. The Hall–Kier alpha value is -1.46. The van der Waals surface area contributed by atoms with Crippen LogP contribution in [0.4, 0.5) is 4.39 Å². The molecule has 0 saturated carbocycles. The largest absolute Gasteiger partial charge is 0.468 e. The standard InChI is InChI=1S/C14H15ClFNO3/c1-20-14(19)10-8-17(5-4-13(10)18)7-9-2-3-12(16)11(15)6-9/h2-3,6,10H,4-5,7-8H2,1H3. The molecule has 1 unspecified atom stereocenters. The predicted molar refractivity (Wildman–Crippen MR) is 71.8 cm³/mol.